The van der Waals surface area contributed by atoms with Gasteiger partial charge in [0.1, 0.15) is 0 Å². The van der Waals surface area contributed by atoms with E-state index in [4.69, 9.17) is 0 Å². The smallest absolute Gasteiger partial charge is 0.180 e. The first-order valence-electron chi connectivity index (χ1n) is 6.44. The molecule has 0 saturated heterocycles. The van der Waals surface area contributed by atoms with Crippen molar-refractivity contribution < 1.29 is 8.42 Å². The zero-order chi connectivity index (χ0) is 13.8. The van der Waals surface area contributed by atoms with E-state index in [9.17, 15) is 8.42 Å². The zero-order valence-electron chi connectivity index (χ0n) is 11.6. The van der Waals surface area contributed by atoms with Crippen molar-refractivity contribution in [2.75, 3.05) is 17.6 Å². The predicted molar refractivity (Wildman–Crippen MR) is 76.7 cm³/mol. The molecule has 0 spiro atoms. The molecule has 0 aliphatic carbocycles. The van der Waals surface area contributed by atoms with Gasteiger partial charge >= 0.3 is 0 Å². The van der Waals surface area contributed by atoms with E-state index in [1.54, 1.807) is 19.1 Å². The minimum Gasteiger partial charge on any atom is -0.384 e. The van der Waals surface area contributed by atoms with Crippen LogP contribution in [0.5, 0.6) is 0 Å². The molecular formula is C14H23NO2S. The third-order valence-corrected chi connectivity index (χ3v) is 5.14. The van der Waals surface area contributed by atoms with E-state index in [0.717, 1.165) is 6.54 Å². The molecule has 3 nitrogen and oxygen atoms in total. The first-order valence-corrected chi connectivity index (χ1v) is 8.09. The summed E-state index contributed by atoms with van der Waals surface area (Å²) in [6.07, 6.45) is 0. The van der Waals surface area contributed by atoms with Crippen LogP contribution in [0.2, 0.25) is 0 Å². The molecule has 18 heavy (non-hydrogen) atoms. The molecule has 0 heterocycles. The molecule has 0 radical (unpaired) electrons. The van der Waals surface area contributed by atoms with Crippen molar-refractivity contribution in [1.82, 2.24) is 0 Å². The number of hydrogen-bond donors (Lipinski definition) is 1. The van der Waals surface area contributed by atoms with Gasteiger partial charge in [0.05, 0.1) is 16.3 Å². The van der Waals surface area contributed by atoms with Gasteiger partial charge in [0.25, 0.3) is 0 Å². The molecule has 1 atom stereocenters. The molecule has 102 valence electrons. The Kier molecular flexibility index (Phi) is 5.20. The number of benzene rings is 1. The van der Waals surface area contributed by atoms with Gasteiger partial charge in [-0.05, 0) is 24.0 Å². The van der Waals surface area contributed by atoms with Crippen LogP contribution in [-0.4, -0.2) is 20.7 Å². The molecule has 1 aromatic rings. The van der Waals surface area contributed by atoms with Crippen LogP contribution in [0.3, 0.4) is 0 Å². The van der Waals surface area contributed by atoms with E-state index < -0.39 is 9.84 Å². The second-order valence-electron chi connectivity index (χ2n) is 5.00. The zero-order valence-corrected chi connectivity index (χ0v) is 12.4. The van der Waals surface area contributed by atoms with Gasteiger partial charge < -0.3 is 5.32 Å². The van der Waals surface area contributed by atoms with Crippen molar-refractivity contribution in [3.05, 3.63) is 24.3 Å². The average molecular weight is 269 g/mol. The summed E-state index contributed by atoms with van der Waals surface area (Å²) in [7, 11) is -3.16. The van der Waals surface area contributed by atoms with Gasteiger partial charge in [0.15, 0.2) is 9.84 Å². The summed E-state index contributed by atoms with van der Waals surface area (Å²) in [4.78, 5) is 0.406. The lowest BCUT2D eigenvalue weighted by atomic mass is 9.98. The molecule has 1 N–H and O–H groups in total. The third-order valence-electron chi connectivity index (χ3n) is 3.35. The van der Waals surface area contributed by atoms with Gasteiger partial charge in [0, 0.05) is 6.54 Å². The van der Waals surface area contributed by atoms with Crippen molar-refractivity contribution in [2.45, 2.75) is 32.6 Å². The minimum atomic E-state index is -3.16. The van der Waals surface area contributed by atoms with Crippen LogP contribution in [0.4, 0.5) is 5.69 Å². The Morgan fingerprint density at radius 2 is 1.78 bits per heavy atom. The Labute approximate surface area is 111 Å². The molecule has 0 aromatic heterocycles. The Morgan fingerprint density at radius 1 is 1.17 bits per heavy atom. The van der Waals surface area contributed by atoms with Gasteiger partial charge in [-0.1, -0.05) is 39.8 Å². The molecule has 0 aliphatic rings. The number of sulfone groups is 1. The van der Waals surface area contributed by atoms with Crippen molar-refractivity contribution in [3.8, 4) is 0 Å². The Balaban J connectivity index is 2.91. The molecule has 1 aromatic carbocycles. The molecule has 1 rings (SSSR count). The van der Waals surface area contributed by atoms with E-state index in [-0.39, 0.29) is 5.75 Å². The van der Waals surface area contributed by atoms with Crippen LogP contribution in [0.1, 0.15) is 27.7 Å². The fourth-order valence-corrected chi connectivity index (χ4v) is 2.62. The quantitative estimate of drug-likeness (QED) is 0.862. The number of rotatable bonds is 6. The fraction of sp³-hybridized carbons (Fsp3) is 0.571. The predicted octanol–water partition coefficient (Wildman–Crippen LogP) is 3.18. The highest BCUT2D eigenvalue weighted by molar-refractivity contribution is 7.91. The molecule has 0 aliphatic heterocycles. The summed E-state index contributed by atoms with van der Waals surface area (Å²) in [6.45, 7) is 8.95. The molecule has 0 fully saturated rings. The van der Waals surface area contributed by atoms with Gasteiger partial charge in [-0.15, -0.1) is 0 Å². The monoisotopic (exact) mass is 269 g/mol. The van der Waals surface area contributed by atoms with E-state index in [0.29, 0.717) is 22.4 Å². The Hall–Kier alpha value is -1.03. The highest BCUT2D eigenvalue weighted by atomic mass is 32.2. The standard InChI is InChI=1S/C14H23NO2S/c1-5-18(16,17)14-9-7-6-8-13(14)15-10-12(4)11(2)3/h6-9,11-12,15H,5,10H2,1-4H3. The largest absolute Gasteiger partial charge is 0.384 e. The van der Waals surface area contributed by atoms with E-state index in [1.807, 2.05) is 12.1 Å². The van der Waals surface area contributed by atoms with Crippen LogP contribution in [-0.2, 0) is 9.84 Å². The second kappa shape index (κ2) is 6.23. The maximum Gasteiger partial charge on any atom is 0.180 e. The van der Waals surface area contributed by atoms with Crippen LogP contribution >= 0.6 is 0 Å². The summed E-state index contributed by atoms with van der Waals surface area (Å²) in [5.74, 6) is 1.21. The van der Waals surface area contributed by atoms with Crippen LogP contribution in [0.25, 0.3) is 0 Å². The summed E-state index contributed by atoms with van der Waals surface area (Å²) in [6, 6.07) is 7.12. The van der Waals surface area contributed by atoms with Crippen molar-refractivity contribution in [1.29, 1.82) is 0 Å². The van der Waals surface area contributed by atoms with Gasteiger partial charge in [-0.3, -0.25) is 0 Å². The molecule has 4 heteroatoms. The summed E-state index contributed by atoms with van der Waals surface area (Å²) in [5.41, 5.74) is 0.715. The highest BCUT2D eigenvalue weighted by Gasteiger charge is 2.16. The van der Waals surface area contributed by atoms with Gasteiger partial charge in [-0.2, -0.15) is 0 Å². The van der Waals surface area contributed by atoms with E-state index >= 15 is 0 Å². The Morgan fingerprint density at radius 3 is 2.33 bits per heavy atom. The molecule has 1 unspecified atom stereocenters. The van der Waals surface area contributed by atoms with Crippen LogP contribution < -0.4 is 5.32 Å². The first kappa shape index (κ1) is 15.0. The molecule has 0 saturated carbocycles. The summed E-state index contributed by atoms with van der Waals surface area (Å²) in [5, 5.41) is 3.26. The third kappa shape index (κ3) is 3.73. The number of para-hydroxylation sites is 1. The second-order valence-corrected chi connectivity index (χ2v) is 7.25. The highest BCUT2D eigenvalue weighted by Crippen LogP contribution is 2.22. The molecule has 0 bridgehead atoms. The minimum absolute atomic E-state index is 0.130. The first-order chi connectivity index (χ1) is 8.38. The normalized spacial score (nSPS) is 13.6. The van der Waals surface area contributed by atoms with Crippen molar-refractivity contribution >= 4 is 15.5 Å². The lowest BCUT2D eigenvalue weighted by Gasteiger charge is -2.18. The maximum atomic E-state index is 12.0. The number of hydrogen-bond acceptors (Lipinski definition) is 3. The van der Waals surface area contributed by atoms with Gasteiger partial charge in [0.2, 0.25) is 0 Å². The maximum absolute atomic E-state index is 12.0. The average Bonchev–Trinajstić information content (AvgIpc) is 2.36. The van der Waals surface area contributed by atoms with Crippen LogP contribution in [0, 0.1) is 11.8 Å². The topological polar surface area (TPSA) is 46.2 Å². The lowest BCUT2D eigenvalue weighted by molar-refractivity contribution is 0.439. The SMILES string of the molecule is CCS(=O)(=O)c1ccccc1NCC(C)C(C)C. The summed E-state index contributed by atoms with van der Waals surface area (Å²) >= 11 is 0. The van der Waals surface area contributed by atoms with E-state index in [1.165, 1.54) is 0 Å². The number of anilines is 1. The van der Waals surface area contributed by atoms with Crippen molar-refractivity contribution in [2.24, 2.45) is 11.8 Å². The van der Waals surface area contributed by atoms with Gasteiger partial charge in [-0.25, -0.2) is 8.42 Å². The van der Waals surface area contributed by atoms with Crippen LogP contribution in [0.15, 0.2) is 29.2 Å². The number of nitrogens with one attached hydrogen (secondary N) is 1. The lowest BCUT2D eigenvalue weighted by Crippen LogP contribution is -2.18. The summed E-state index contributed by atoms with van der Waals surface area (Å²) < 4.78 is 23.9. The fourth-order valence-electron chi connectivity index (χ4n) is 1.55. The van der Waals surface area contributed by atoms with Crippen molar-refractivity contribution in [3.63, 3.8) is 0 Å². The molecular weight excluding hydrogens is 246 g/mol. The van der Waals surface area contributed by atoms with E-state index in [2.05, 4.69) is 26.1 Å². The Bertz CT molecular complexity index is 480. The molecule has 0 amide bonds.